The summed E-state index contributed by atoms with van der Waals surface area (Å²) in [5.41, 5.74) is 1.68. The van der Waals surface area contributed by atoms with Crippen molar-refractivity contribution in [1.82, 2.24) is 9.71 Å². The van der Waals surface area contributed by atoms with Gasteiger partial charge in [-0.2, -0.15) is 18.2 Å². The summed E-state index contributed by atoms with van der Waals surface area (Å²) in [4.78, 5) is 19.7. The molecule has 10 nitrogen and oxygen atoms in total. The molecule has 5 rings (SSSR count). The van der Waals surface area contributed by atoms with E-state index in [4.69, 9.17) is 14.6 Å². The van der Waals surface area contributed by atoms with Gasteiger partial charge in [-0.1, -0.05) is 0 Å². The minimum absolute atomic E-state index is 0.0348. The zero-order valence-corrected chi connectivity index (χ0v) is 22.5. The molecule has 2 aromatic rings. The maximum Gasteiger partial charge on any atom is 0.392 e. The normalized spacial score (nSPS) is 17.9. The minimum Gasteiger partial charge on any atom is -0.487 e. The minimum atomic E-state index is -4.40. The topological polar surface area (TPSA) is 130 Å². The first-order chi connectivity index (χ1) is 19.0. The van der Waals surface area contributed by atoms with Gasteiger partial charge in [0.25, 0.3) is 11.8 Å². The van der Waals surface area contributed by atoms with Crippen LogP contribution in [-0.4, -0.2) is 70.0 Å². The highest BCUT2D eigenvalue weighted by Gasteiger charge is 2.44. The van der Waals surface area contributed by atoms with Gasteiger partial charge in [-0.25, -0.2) is 13.1 Å². The number of carbonyl (C=O) groups is 1. The maximum atomic E-state index is 13.5. The SMILES string of the molecule is O=C(Nc1cc2c(c(OCCC(F)(F)F)n1)OCC2)c1ccc(S(=O)(=O)NCCO)cc1N1CCC2(CC1)CC2. The lowest BCUT2D eigenvalue weighted by molar-refractivity contribution is -0.139. The van der Waals surface area contributed by atoms with Crippen molar-refractivity contribution in [1.29, 1.82) is 0 Å². The van der Waals surface area contributed by atoms with Crippen LogP contribution in [0.25, 0.3) is 0 Å². The van der Waals surface area contributed by atoms with Crippen LogP contribution in [0.4, 0.5) is 24.7 Å². The van der Waals surface area contributed by atoms with Crippen LogP contribution in [0.2, 0.25) is 0 Å². The van der Waals surface area contributed by atoms with Gasteiger partial charge in [0.15, 0.2) is 5.75 Å². The monoisotopic (exact) mass is 584 g/mol. The summed E-state index contributed by atoms with van der Waals surface area (Å²) >= 11 is 0. The van der Waals surface area contributed by atoms with Crippen LogP contribution in [0.5, 0.6) is 11.6 Å². The van der Waals surface area contributed by atoms with Crippen LogP contribution >= 0.6 is 0 Å². The van der Waals surface area contributed by atoms with Gasteiger partial charge in [0, 0.05) is 31.6 Å². The van der Waals surface area contributed by atoms with Crippen LogP contribution in [-0.2, 0) is 16.4 Å². The molecule has 1 spiro atoms. The van der Waals surface area contributed by atoms with Crippen LogP contribution in [0, 0.1) is 5.41 Å². The molecule has 1 aromatic heterocycles. The van der Waals surface area contributed by atoms with Gasteiger partial charge in [-0.05, 0) is 55.4 Å². The lowest BCUT2D eigenvalue weighted by atomic mass is 9.93. The molecule has 0 radical (unpaired) electrons. The molecule has 0 bridgehead atoms. The largest absolute Gasteiger partial charge is 0.487 e. The molecule has 3 aliphatic rings. The maximum absolute atomic E-state index is 13.5. The number of aliphatic hydroxyl groups excluding tert-OH is 1. The number of fused-ring (bicyclic) bond motifs is 1. The molecule has 2 fully saturated rings. The number of aromatic nitrogens is 1. The van der Waals surface area contributed by atoms with E-state index >= 15 is 0 Å². The summed E-state index contributed by atoms with van der Waals surface area (Å²) < 4.78 is 76.5. The van der Waals surface area contributed by atoms with Gasteiger partial charge in [0.2, 0.25) is 10.0 Å². The number of nitrogens with zero attached hydrogens (tertiary/aromatic N) is 2. The highest BCUT2D eigenvalue weighted by Crippen LogP contribution is 2.54. The number of aliphatic hydroxyl groups is 1. The number of amides is 1. The Morgan fingerprint density at radius 2 is 1.93 bits per heavy atom. The molecular formula is C26H31F3N4O6S. The van der Waals surface area contributed by atoms with Gasteiger partial charge in [-0.3, -0.25) is 4.79 Å². The predicted octanol–water partition coefficient (Wildman–Crippen LogP) is 3.25. The number of carbonyl (C=O) groups excluding carboxylic acids is 1. The number of hydrogen-bond acceptors (Lipinski definition) is 8. The Bertz CT molecular complexity index is 1370. The number of rotatable bonds is 10. The lowest BCUT2D eigenvalue weighted by Crippen LogP contribution is -2.36. The Balaban J connectivity index is 1.41. The number of ether oxygens (including phenoxy) is 2. The van der Waals surface area contributed by atoms with Crippen molar-refractivity contribution < 1.29 is 41.0 Å². The van der Waals surface area contributed by atoms with E-state index in [-0.39, 0.29) is 41.1 Å². The summed E-state index contributed by atoms with van der Waals surface area (Å²) in [5.74, 6) is -0.342. The molecule has 3 heterocycles. The molecule has 40 heavy (non-hydrogen) atoms. The van der Waals surface area contributed by atoms with Crippen LogP contribution in [0.1, 0.15) is 48.0 Å². The van der Waals surface area contributed by atoms with Crippen molar-refractivity contribution in [2.24, 2.45) is 5.41 Å². The molecule has 0 unspecified atom stereocenters. The molecule has 1 amide bonds. The van der Waals surface area contributed by atoms with Crippen molar-refractivity contribution >= 4 is 27.4 Å². The standard InChI is InChI=1S/C26H31F3N4O6S/c27-26(28,29)8-14-39-24-22-17(3-13-38-22)15-21(32-24)31-23(35)19-2-1-18(40(36,37)30-9-12-34)16-20(19)33-10-6-25(4-5-25)7-11-33/h1-2,15-16,30,34H,3-14H2,(H,31,32,35). The van der Waals surface area contributed by atoms with Gasteiger partial charge in [0.1, 0.15) is 5.82 Å². The van der Waals surface area contributed by atoms with Gasteiger partial charge in [-0.15, -0.1) is 0 Å². The number of halogens is 3. The first kappa shape index (κ1) is 28.4. The summed E-state index contributed by atoms with van der Waals surface area (Å²) in [6.45, 7) is 0.489. The zero-order chi connectivity index (χ0) is 28.5. The van der Waals surface area contributed by atoms with Gasteiger partial charge >= 0.3 is 6.18 Å². The second-order valence-corrected chi connectivity index (χ2v) is 12.1. The highest BCUT2D eigenvalue weighted by molar-refractivity contribution is 7.89. The van der Waals surface area contributed by atoms with Crippen molar-refractivity contribution in [3.05, 3.63) is 35.4 Å². The molecular weight excluding hydrogens is 553 g/mol. The Labute approximate surface area is 229 Å². The number of sulfonamides is 1. The summed E-state index contributed by atoms with van der Waals surface area (Å²) in [5, 5.41) is 11.8. The van der Waals surface area contributed by atoms with E-state index in [0.29, 0.717) is 42.8 Å². The van der Waals surface area contributed by atoms with E-state index in [1.807, 2.05) is 4.90 Å². The van der Waals surface area contributed by atoms with Crippen molar-refractivity contribution in [3.8, 4) is 11.6 Å². The number of anilines is 2. The van der Waals surface area contributed by atoms with E-state index in [0.717, 1.165) is 12.8 Å². The Hall–Kier alpha value is -3.10. The molecule has 3 N–H and O–H groups in total. The van der Waals surface area contributed by atoms with Crippen molar-refractivity contribution in [3.63, 3.8) is 0 Å². The molecule has 1 aliphatic carbocycles. The quantitative estimate of drug-likeness (QED) is 0.388. The third-order valence-corrected chi connectivity index (χ3v) is 9.01. The Kier molecular flexibility index (Phi) is 7.86. The zero-order valence-electron chi connectivity index (χ0n) is 21.7. The summed E-state index contributed by atoms with van der Waals surface area (Å²) in [6, 6.07) is 5.79. The number of nitrogens with one attached hydrogen (secondary N) is 2. The molecule has 14 heteroatoms. The predicted molar refractivity (Wildman–Crippen MR) is 139 cm³/mol. The van der Waals surface area contributed by atoms with Crippen molar-refractivity contribution in [2.45, 2.75) is 49.6 Å². The average Bonchev–Trinajstić information content (AvgIpc) is 3.48. The third kappa shape index (κ3) is 6.44. The fourth-order valence-corrected chi connectivity index (χ4v) is 6.11. The number of alkyl halides is 3. The average molecular weight is 585 g/mol. The van der Waals surface area contributed by atoms with Gasteiger partial charge < -0.3 is 24.8 Å². The van der Waals surface area contributed by atoms with E-state index in [9.17, 15) is 26.4 Å². The van der Waals surface area contributed by atoms with E-state index in [2.05, 4.69) is 15.0 Å². The number of pyridine rings is 1. The van der Waals surface area contributed by atoms with Crippen LogP contribution in [0.3, 0.4) is 0 Å². The van der Waals surface area contributed by atoms with E-state index < -0.39 is 35.1 Å². The first-order valence-electron chi connectivity index (χ1n) is 13.2. The van der Waals surface area contributed by atoms with E-state index in [1.165, 1.54) is 31.0 Å². The second-order valence-electron chi connectivity index (χ2n) is 10.4. The van der Waals surface area contributed by atoms with Gasteiger partial charge in [0.05, 0.1) is 42.4 Å². The van der Waals surface area contributed by atoms with Crippen LogP contribution in [0.15, 0.2) is 29.2 Å². The molecule has 218 valence electrons. The molecule has 1 aromatic carbocycles. The Morgan fingerprint density at radius 1 is 1.18 bits per heavy atom. The number of piperidine rings is 1. The first-order valence-corrected chi connectivity index (χ1v) is 14.6. The number of benzene rings is 1. The fraction of sp³-hybridized carbons (Fsp3) is 0.538. The summed E-state index contributed by atoms with van der Waals surface area (Å²) in [7, 11) is -3.92. The van der Waals surface area contributed by atoms with Crippen molar-refractivity contribution in [2.75, 3.05) is 49.7 Å². The Morgan fingerprint density at radius 3 is 2.60 bits per heavy atom. The smallest absolute Gasteiger partial charge is 0.392 e. The second kappa shape index (κ2) is 11.1. The molecule has 0 atom stereocenters. The van der Waals surface area contributed by atoms with Crippen LogP contribution < -0.4 is 24.4 Å². The lowest BCUT2D eigenvalue weighted by Gasteiger charge is -2.35. The van der Waals surface area contributed by atoms with E-state index in [1.54, 1.807) is 6.07 Å². The summed E-state index contributed by atoms with van der Waals surface area (Å²) in [6.07, 6.45) is -0.846. The number of hydrogen-bond donors (Lipinski definition) is 3. The fourth-order valence-electron chi connectivity index (χ4n) is 5.07. The molecule has 2 aliphatic heterocycles. The third-order valence-electron chi connectivity index (χ3n) is 7.55. The molecule has 1 saturated heterocycles. The molecule has 1 saturated carbocycles. The highest BCUT2D eigenvalue weighted by atomic mass is 32.2.